The van der Waals surface area contributed by atoms with Gasteiger partial charge in [0.1, 0.15) is 11.2 Å². The molecule has 0 N–H and O–H groups in total. The first-order valence-electron chi connectivity index (χ1n) is 21.8. The van der Waals surface area contributed by atoms with Gasteiger partial charge in [-0.1, -0.05) is 177 Å². The van der Waals surface area contributed by atoms with Gasteiger partial charge in [0.2, 0.25) is 0 Å². The summed E-state index contributed by atoms with van der Waals surface area (Å²) in [5.74, 6) is 2.23. The van der Waals surface area contributed by atoms with Crippen LogP contribution in [0, 0.1) is 5.92 Å². The van der Waals surface area contributed by atoms with E-state index in [-0.39, 0.29) is 0 Å². The summed E-state index contributed by atoms with van der Waals surface area (Å²) in [5, 5.41) is 2.09. The molecule has 8 aromatic carbocycles. The van der Waals surface area contributed by atoms with Crippen LogP contribution in [0.25, 0.3) is 95.1 Å². The Balaban J connectivity index is 1.11. The number of para-hydroxylation sites is 1. The third kappa shape index (κ3) is 5.25. The van der Waals surface area contributed by atoms with Gasteiger partial charge in [-0.3, -0.25) is 0 Å². The number of hydrogen-bond donors (Lipinski definition) is 0. The molecule has 2 heterocycles. The van der Waals surface area contributed by atoms with Gasteiger partial charge < -0.3 is 4.42 Å². The van der Waals surface area contributed by atoms with Crippen LogP contribution in [0.2, 0.25) is 0 Å². The number of aromatic nitrogens is 3. The average molecular weight is 806 g/mol. The van der Waals surface area contributed by atoms with Gasteiger partial charge in [-0.15, -0.1) is 0 Å². The highest BCUT2D eigenvalue weighted by Gasteiger charge is 2.49. The summed E-state index contributed by atoms with van der Waals surface area (Å²) in [6.07, 6.45) is 7.64. The second kappa shape index (κ2) is 13.8. The lowest BCUT2D eigenvalue weighted by molar-refractivity contribution is 0.669. The van der Waals surface area contributed by atoms with Gasteiger partial charge in [0.25, 0.3) is 0 Å². The van der Waals surface area contributed by atoms with E-state index in [1.807, 2.05) is 18.2 Å². The summed E-state index contributed by atoms with van der Waals surface area (Å²) in [4.78, 5) is 16.2. The van der Waals surface area contributed by atoms with Crippen LogP contribution >= 0.6 is 0 Å². The molecule has 4 nitrogen and oxygen atoms in total. The minimum Gasteiger partial charge on any atom is -0.456 e. The van der Waals surface area contributed by atoms with Crippen molar-refractivity contribution in [1.82, 2.24) is 15.0 Å². The van der Waals surface area contributed by atoms with Crippen molar-refractivity contribution >= 4 is 27.5 Å². The van der Waals surface area contributed by atoms with Crippen molar-refractivity contribution in [3.05, 3.63) is 228 Å². The normalized spacial score (nSPS) is 15.3. The van der Waals surface area contributed by atoms with Crippen LogP contribution in [0.5, 0.6) is 0 Å². The second-order valence-electron chi connectivity index (χ2n) is 17.0. The van der Waals surface area contributed by atoms with E-state index in [9.17, 15) is 0 Å². The highest BCUT2D eigenvalue weighted by molar-refractivity contribution is 6.06. The fourth-order valence-corrected chi connectivity index (χ4v) is 10.8. The Morgan fingerprint density at radius 1 is 0.429 bits per heavy atom. The maximum Gasteiger partial charge on any atom is 0.164 e. The Hall–Kier alpha value is -7.95. The maximum absolute atomic E-state index is 6.27. The average Bonchev–Trinajstić information content (AvgIpc) is 3.84. The number of furan rings is 1. The van der Waals surface area contributed by atoms with Crippen molar-refractivity contribution in [2.75, 3.05) is 0 Å². The van der Waals surface area contributed by atoms with Gasteiger partial charge in [0.15, 0.2) is 17.5 Å². The lowest BCUT2D eigenvalue weighted by atomic mass is 9.65. The standard InChI is InChI=1S/C59H39N3O/c1-36-16-2-3-17-39(36)40-18-6-7-25-48(40)58-61-56(37-31-33-55-49(34-37)47-24-11-15-29-54(47)63-55)60-57(62-58)38-30-32-46-42-20-5-4-19-41(42)43-21-8-12-26-50(43)59(53(46)35-38)51-27-13-9-22-44(51)45-23-10-14-28-52(45)59/h2-15,17-36H,16H2,1H3. The summed E-state index contributed by atoms with van der Waals surface area (Å²) < 4.78 is 6.27. The molecule has 0 bridgehead atoms. The molecule has 0 saturated heterocycles. The highest BCUT2D eigenvalue weighted by Crippen LogP contribution is 2.61. The molecule has 1 atom stereocenters. The first kappa shape index (κ1) is 35.8. The fourth-order valence-electron chi connectivity index (χ4n) is 10.8. The van der Waals surface area contributed by atoms with E-state index < -0.39 is 5.41 Å². The molecule has 63 heavy (non-hydrogen) atoms. The van der Waals surface area contributed by atoms with E-state index in [1.165, 1.54) is 61.2 Å². The number of rotatable bonds is 4. The molecule has 296 valence electrons. The molecule has 3 aliphatic carbocycles. The molecule has 13 rings (SSSR count). The largest absolute Gasteiger partial charge is 0.456 e. The summed E-state index contributed by atoms with van der Waals surface area (Å²) in [7, 11) is 0. The predicted octanol–water partition coefficient (Wildman–Crippen LogP) is 14.8. The summed E-state index contributed by atoms with van der Waals surface area (Å²) in [6, 6.07) is 65.8. The Kier molecular flexibility index (Phi) is 7.83. The van der Waals surface area contributed by atoms with Crippen molar-refractivity contribution in [1.29, 1.82) is 0 Å². The first-order valence-corrected chi connectivity index (χ1v) is 21.8. The molecule has 0 radical (unpaired) electrons. The predicted molar refractivity (Wildman–Crippen MR) is 256 cm³/mol. The minimum atomic E-state index is -0.621. The third-order valence-corrected chi connectivity index (χ3v) is 13.7. The van der Waals surface area contributed by atoms with Crippen LogP contribution in [0.3, 0.4) is 0 Å². The van der Waals surface area contributed by atoms with Crippen LogP contribution in [-0.2, 0) is 5.41 Å². The molecule has 2 aromatic heterocycles. The van der Waals surface area contributed by atoms with E-state index in [0.29, 0.717) is 23.4 Å². The van der Waals surface area contributed by atoms with E-state index in [0.717, 1.165) is 50.6 Å². The van der Waals surface area contributed by atoms with Crippen molar-refractivity contribution in [3.63, 3.8) is 0 Å². The zero-order valence-electron chi connectivity index (χ0n) is 34.6. The zero-order valence-corrected chi connectivity index (χ0v) is 34.6. The number of hydrogen-bond acceptors (Lipinski definition) is 4. The van der Waals surface area contributed by atoms with Gasteiger partial charge in [0, 0.05) is 27.5 Å². The van der Waals surface area contributed by atoms with Crippen molar-refractivity contribution in [2.24, 2.45) is 5.92 Å². The minimum absolute atomic E-state index is 0.359. The lowest BCUT2D eigenvalue weighted by Crippen LogP contribution is -2.29. The van der Waals surface area contributed by atoms with Crippen molar-refractivity contribution in [2.45, 2.75) is 18.8 Å². The highest BCUT2D eigenvalue weighted by atomic mass is 16.3. The number of nitrogens with zero attached hydrogens (tertiary/aromatic N) is 3. The van der Waals surface area contributed by atoms with Crippen LogP contribution in [0.1, 0.15) is 41.2 Å². The number of benzene rings is 8. The van der Waals surface area contributed by atoms with Gasteiger partial charge >= 0.3 is 0 Å². The van der Waals surface area contributed by atoms with Gasteiger partial charge in [0.05, 0.1) is 5.41 Å². The molecule has 4 heteroatoms. The molecule has 1 unspecified atom stereocenters. The maximum atomic E-state index is 6.27. The number of fused-ring (bicyclic) bond motifs is 15. The lowest BCUT2D eigenvalue weighted by Gasteiger charge is -2.35. The summed E-state index contributed by atoms with van der Waals surface area (Å²) in [6.45, 7) is 2.29. The molecular formula is C59H39N3O. The SMILES string of the molecule is CC1CC=CC=C1c1ccccc1-c1nc(-c2ccc3c(c2)C2(c4ccccc4-c4ccccc4-3)c3ccccc3-c3ccccc32)nc(-c2ccc3oc4ccccc4c3c2)n1. The second-order valence-corrected chi connectivity index (χ2v) is 17.0. The van der Waals surface area contributed by atoms with E-state index >= 15 is 0 Å². The molecule has 0 amide bonds. The van der Waals surface area contributed by atoms with Crippen LogP contribution < -0.4 is 0 Å². The molecule has 10 aromatic rings. The molecule has 0 fully saturated rings. The topological polar surface area (TPSA) is 51.8 Å². The van der Waals surface area contributed by atoms with Gasteiger partial charge in [-0.05, 0) is 109 Å². The zero-order chi connectivity index (χ0) is 41.6. The van der Waals surface area contributed by atoms with Crippen molar-refractivity contribution < 1.29 is 4.42 Å². The molecular weight excluding hydrogens is 767 g/mol. The summed E-state index contributed by atoms with van der Waals surface area (Å²) in [5.41, 5.74) is 18.7. The van der Waals surface area contributed by atoms with Gasteiger partial charge in [-0.2, -0.15) is 0 Å². The third-order valence-electron chi connectivity index (χ3n) is 13.7. The van der Waals surface area contributed by atoms with E-state index in [1.54, 1.807) is 0 Å². The summed E-state index contributed by atoms with van der Waals surface area (Å²) >= 11 is 0. The van der Waals surface area contributed by atoms with Crippen molar-refractivity contribution in [3.8, 4) is 67.5 Å². The smallest absolute Gasteiger partial charge is 0.164 e. The Bertz CT molecular complexity index is 3540. The first-order chi connectivity index (χ1) is 31.1. The quantitative estimate of drug-likeness (QED) is 0.178. The molecule has 0 aliphatic heterocycles. The van der Waals surface area contributed by atoms with Crippen LogP contribution in [0.4, 0.5) is 0 Å². The Labute approximate surface area is 365 Å². The fraction of sp³-hybridized carbons (Fsp3) is 0.0678. The molecule has 1 spiro atoms. The number of allylic oxidation sites excluding steroid dienone is 4. The Morgan fingerprint density at radius 3 is 1.59 bits per heavy atom. The molecule has 0 saturated carbocycles. The van der Waals surface area contributed by atoms with E-state index in [2.05, 4.69) is 189 Å². The van der Waals surface area contributed by atoms with Crippen LogP contribution in [-0.4, -0.2) is 15.0 Å². The van der Waals surface area contributed by atoms with E-state index in [4.69, 9.17) is 19.4 Å². The monoisotopic (exact) mass is 805 g/mol. The Morgan fingerprint density at radius 2 is 0.921 bits per heavy atom. The van der Waals surface area contributed by atoms with Gasteiger partial charge in [-0.25, -0.2) is 15.0 Å². The van der Waals surface area contributed by atoms with Crippen LogP contribution in [0.15, 0.2) is 205 Å². The molecule has 3 aliphatic rings.